The molecule has 0 bridgehead atoms. The van der Waals surface area contributed by atoms with Crippen LogP contribution in [0, 0.1) is 17.8 Å². The van der Waals surface area contributed by atoms with E-state index in [-0.39, 0.29) is 66.9 Å². The summed E-state index contributed by atoms with van der Waals surface area (Å²) in [6.45, 7) is 3.89. The summed E-state index contributed by atoms with van der Waals surface area (Å²) in [6, 6.07) is 2.10. The van der Waals surface area contributed by atoms with E-state index in [0.717, 1.165) is 25.9 Å². The van der Waals surface area contributed by atoms with Crippen LogP contribution in [-0.2, 0) is 20.8 Å². The third-order valence-electron chi connectivity index (χ3n) is 9.11. The van der Waals surface area contributed by atoms with Gasteiger partial charge in [0.1, 0.15) is 17.1 Å². The summed E-state index contributed by atoms with van der Waals surface area (Å²) >= 11 is 0. The minimum absolute atomic E-state index is 0. The van der Waals surface area contributed by atoms with Gasteiger partial charge in [-0.15, -0.1) is 24.8 Å². The number of halogens is 2. The Bertz CT molecular complexity index is 1420. The van der Waals surface area contributed by atoms with Gasteiger partial charge in [0.25, 0.3) is 5.91 Å². The molecule has 2 amide bonds. The van der Waals surface area contributed by atoms with E-state index in [1.807, 2.05) is 4.90 Å². The topological polar surface area (TPSA) is 194 Å². The smallest absolute Gasteiger partial charge is 0.255 e. The fraction of sp³-hybridized carbons (Fsp3) is 0.517. The molecule has 1 saturated heterocycles. The number of rotatable bonds is 5. The highest BCUT2D eigenvalue weighted by Gasteiger charge is 2.63. The van der Waals surface area contributed by atoms with E-state index < -0.39 is 63.8 Å². The molecular formula is C29H38Cl2N4O8. The Morgan fingerprint density at radius 2 is 1.74 bits per heavy atom. The van der Waals surface area contributed by atoms with Crippen LogP contribution in [-0.4, -0.2) is 99.0 Å². The molecule has 0 radical (unpaired) electrons. The number of carbonyl (C=O) groups excluding carboxylic acids is 4. The number of aromatic hydroxyl groups is 1. The Morgan fingerprint density at radius 3 is 2.33 bits per heavy atom. The second kappa shape index (κ2) is 12.4. The summed E-state index contributed by atoms with van der Waals surface area (Å²) in [5.41, 5.74) is 1.93. The van der Waals surface area contributed by atoms with Gasteiger partial charge in [0.15, 0.2) is 17.1 Å². The lowest BCUT2D eigenvalue weighted by Gasteiger charge is -2.50. The second-order valence-electron chi connectivity index (χ2n) is 12.0. The molecule has 0 spiro atoms. The lowest BCUT2D eigenvalue weighted by Crippen LogP contribution is -2.63. The molecule has 1 aromatic rings. The number of phenols is 1. The molecule has 1 aliphatic heterocycles. The summed E-state index contributed by atoms with van der Waals surface area (Å²) < 4.78 is 0. The van der Waals surface area contributed by atoms with Gasteiger partial charge in [-0.05, 0) is 76.3 Å². The summed E-state index contributed by atoms with van der Waals surface area (Å²) in [5, 5.41) is 47.6. The number of likely N-dealkylation sites (tertiary alicyclic amines) is 1. The van der Waals surface area contributed by atoms with Gasteiger partial charge in [0, 0.05) is 11.5 Å². The number of hydrogen-bond donors (Lipinski definition) is 6. The zero-order valence-corrected chi connectivity index (χ0v) is 25.8. The summed E-state index contributed by atoms with van der Waals surface area (Å²) in [4.78, 5) is 55.5. The molecule has 5 rings (SSSR count). The standard InChI is InChI=1S/C29H36N4O8.2ClH/c1-13-6-8-33(9-7-13)12-18(34)31-17-5-4-14-10-15-11-16-22(32(2)3)25(37)21(28(30)40)27(39)29(16,41)26(38)20(15)24(36)19(14)23(17)35;;/h4-5,13,15-16,22,35,37-38,41H,6-12H2,1-3H3,(H2,30,40)(H,31,34);2*1H/t15?,16?,22-,29-;;/m0../s1. The van der Waals surface area contributed by atoms with Gasteiger partial charge in [0.2, 0.25) is 11.7 Å². The minimum Gasteiger partial charge on any atom is -0.510 e. The van der Waals surface area contributed by atoms with Gasteiger partial charge in [-0.2, -0.15) is 0 Å². The molecule has 12 nitrogen and oxygen atoms in total. The number of primary amides is 1. The third-order valence-corrected chi connectivity index (χ3v) is 9.11. The molecule has 2 unspecified atom stereocenters. The van der Waals surface area contributed by atoms with Crippen LogP contribution in [0.25, 0.3) is 0 Å². The summed E-state index contributed by atoms with van der Waals surface area (Å²) in [5.74, 6) is -6.85. The predicted molar refractivity (Wildman–Crippen MR) is 162 cm³/mol. The van der Waals surface area contributed by atoms with Crippen LogP contribution in [0.4, 0.5) is 5.69 Å². The number of nitrogens with zero attached hydrogens (tertiary/aromatic N) is 2. The van der Waals surface area contributed by atoms with Crippen LogP contribution in [0.2, 0.25) is 0 Å². The van der Waals surface area contributed by atoms with Crippen LogP contribution in [0.1, 0.15) is 42.1 Å². The highest BCUT2D eigenvalue weighted by molar-refractivity contribution is 6.25. The second-order valence-corrected chi connectivity index (χ2v) is 12.0. The highest BCUT2D eigenvalue weighted by atomic mass is 35.5. The average Bonchev–Trinajstić information content (AvgIpc) is 2.89. The van der Waals surface area contributed by atoms with E-state index in [4.69, 9.17) is 5.73 Å². The van der Waals surface area contributed by atoms with Crippen molar-refractivity contribution in [3.63, 3.8) is 0 Å². The predicted octanol–water partition coefficient (Wildman–Crippen LogP) is 1.63. The Kier molecular flexibility index (Phi) is 9.94. The largest absolute Gasteiger partial charge is 0.510 e. The number of fused-ring (bicyclic) bond motifs is 3. The third kappa shape index (κ3) is 5.51. The number of anilines is 1. The van der Waals surface area contributed by atoms with Gasteiger partial charge in [-0.25, -0.2) is 0 Å². The number of piperidine rings is 1. The molecule has 1 fully saturated rings. The van der Waals surface area contributed by atoms with Gasteiger partial charge >= 0.3 is 0 Å². The van der Waals surface area contributed by atoms with Gasteiger partial charge in [-0.3, -0.25) is 29.0 Å². The average molecular weight is 642 g/mol. The van der Waals surface area contributed by atoms with E-state index in [9.17, 15) is 39.6 Å². The SMILES string of the molecule is CC1CCN(CC(=O)Nc2ccc3c(c2O)C(=O)C2=C(O)[C@]4(O)C(=O)C(C(N)=O)=C(O)[C@@H](N(C)C)C4CC2C3)CC1.Cl.Cl. The number of phenolic OH excluding ortho intramolecular Hbond substituents is 1. The number of amides is 2. The molecule has 4 atom stereocenters. The molecular weight excluding hydrogens is 603 g/mol. The normalized spacial score (nSPS) is 27.5. The lowest BCUT2D eigenvalue weighted by atomic mass is 9.58. The van der Waals surface area contributed by atoms with E-state index in [2.05, 4.69) is 12.2 Å². The quantitative estimate of drug-likeness (QED) is 0.203. The Hall–Kier alpha value is -3.16. The van der Waals surface area contributed by atoms with Crippen molar-refractivity contribution in [2.45, 2.75) is 44.2 Å². The molecule has 4 aliphatic rings. The number of aliphatic hydroxyl groups excluding tert-OH is 2. The zero-order chi connectivity index (χ0) is 30.0. The number of ketones is 2. The monoisotopic (exact) mass is 640 g/mol. The number of benzene rings is 1. The number of carbonyl (C=O) groups is 4. The van der Waals surface area contributed by atoms with Crippen LogP contribution in [0.3, 0.4) is 0 Å². The summed E-state index contributed by atoms with van der Waals surface area (Å²) in [6.07, 6.45) is 2.18. The van der Waals surface area contributed by atoms with E-state index in [1.165, 1.54) is 11.0 Å². The first-order valence-corrected chi connectivity index (χ1v) is 13.8. The maximum Gasteiger partial charge on any atom is 0.255 e. The molecule has 1 heterocycles. The Balaban J connectivity index is 0.00000253. The molecule has 14 heteroatoms. The van der Waals surface area contributed by atoms with Crippen LogP contribution >= 0.6 is 24.8 Å². The highest BCUT2D eigenvalue weighted by Crippen LogP contribution is 2.52. The number of nitrogens with one attached hydrogen (secondary N) is 1. The Labute approximate surface area is 261 Å². The van der Waals surface area contributed by atoms with Crippen LogP contribution in [0.5, 0.6) is 5.75 Å². The molecule has 1 aromatic carbocycles. The number of hydrogen-bond acceptors (Lipinski definition) is 10. The number of nitrogens with two attached hydrogens (primary N) is 1. The first-order chi connectivity index (χ1) is 19.3. The van der Waals surface area contributed by atoms with Crippen LogP contribution in [0.15, 0.2) is 34.8 Å². The maximum absolute atomic E-state index is 13.8. The van der Waals surface area contributed by atoms with Gasteiger partial charge < -0.3 is 31.5 Å². The molecule has 3 aliphatic carbocycles. The van der Waals surface area contributed by atoms with Crippen LogP contribution < -0.4 is 11.1 Å². The van der Waals surface area contributed by atoms with E-state index >= 15 is 0 Å². The van der Waals surface area contributed by atoms with Crippen molar-refractivity contribution in [3.8, 4) is 5.75 Å². The van der Waals surface area contributed by atoms with Crippen molar-refractivity contribution >= 4 is 53.9 Å². The zero-order valence-electron chi connectivity index (χ0n) is 24.1. The first kappa shape index (κ1) is 34.3. The number of Topliss-reactive ketones (excluding diaryl/α,β-unsaturated/α-hetero) is 2. The molecule has 43 heavy (non-hydrogen) atoms. The number of likely N-dealkylation sites (N-methyl/N-ethyl adjacent to an activating group) is 1. The minimum atomic E-state index is -2.70. The number of allylic oxidation sites excluding steroid dienone is 1. The van der Waals surface area contributed by atoms with Gasteiger partial charge in [-0.1, -0.05) is 13.0 Å². The molecule has 0 saturated carbocycles. The van der Waals surface area contributed by atoms with Crippen molar-refractivity contribution in [3.05, 3.63) is 45.9 Å². The van der Waals surface area contributed by atoms with E-state index in [0.29, 0.717) is 11.5 Å². The van der Waals surface area contributed by atoms with Crippen molar-refractivity contribution in [1.29, 1.82) is 0 Å². The van der Waals surface area contributed by atoms with Crippen molar-refractivity contribution in [1.82, 2.24) is 9.80 Å². The molecule has 7 N–H and O–H groups in total. The molecule has 236 valence electrons. The lowest BCUT2D eigenvalue weighted by molar-refractivity contribution is -0.148. The fourth-order valence-corrected chi connectivity index (χ4v) is 6.94. The van der Waals surface area contributed by atoms with Crippen molar-refractivity contribution in [2.75, 3.05) is 39.0 Å². The van der Waals surface area contributed by atoms with Crippen molar-refractivity contribution in [2.24, 2.45) is 23.5 Å². The van der Waals surface area contributed by atoms with Gasteiger partial charge in [0.05, 0.1) is 23.8 Å². The first-order valence-electron chi connectivity index (χ1n) is 13.8. The summed E-state index contributed by atoms with van der Waals surface area (Å²) in [7, 11) is 3.15. The molecule has 0 aromatic heterocycles. The van der Waals surface area contributed by atoms with E-state index in [1.54, 1.807) is 20.2 Å². The Morgan fingerprint density at radius 1 is 1.12 bits per heavy atom. The number of aliphatic hydroxyl groups is 3. The fourth-order valence-electron chi connectivity index (χ4n) is 6.94. The maximum atomic E-state index is 13.8. The van der Waals surface area contributed by atoms with Crippen molar-refractivity contribution < 1.29 is 39.6 Å².